The summed E-state index contributed by atoms with van der Waals surface area (Å²) < 4.78 is 28.7. The van der Waals surface area contributed by atoms with E-state index in [1.54, 1.807) is 20.8 Å². The fourth-order valence-corrected chi connectivity index (χ4v) is 2.22. The van der Waals surface area contributed by atoms with Gasteiger partial charge in [0.15, 0.2) is 5.56 Å². The molecule has 162 valence electrons. The SMILES string of the molecule is CC(Cl)OC(=O)N(C)c1cc(F)ccc1COC(=O)CNCC(=O)OC(C)(C)C. The summed E-state index contributed by atoms with van der Waals surface area (Å²) in [5.74, 6) is -1.71. The van der Waals surface area contributed by atoms with E-state index in [-0.39, 0.29) is 25.4 Å². The van der Waals surface area contributed by atoms with E-state index in [9.17, 15) is 18.8 Å². The molecule has 8 nitrogen and oxygen atoms in total. The number of carbonyl (C=O) groups excluding carboxylic acids is 3. The maximum Gasteiger partial charge on any atom is 0.415 e. The first-order valence-electron chi connectivity index (χ1n) is 8.84. The highest BCUT2D eigenvalue weighted by molar-refractivity contribution is 6.20. The van der Waals surface area contributed by atoms with Gasteiger partial charge in [0.25, 0.3) is 0 Å². The van der Waals surface area contributed by atoms with Crippen molar-refractivity contribution in [2.45, 2.75) is 45.5 Å². The summed E-state index contributed by atoms with van der Waals surface area (Å²) in [6.45, 7) is 6.08. The van der Waals surface area contributed by atoms with E-state index in [1.165, 1.54) is 26.1 Å². The smallest absolute Gasteiger partial charge is 0.415 e. The third-order valence-electron chi connectivity index (χ3n) is 3.29. The molecule has 1 N–H and O–H groups in total. The third-order valence-corrected chi connectivity index (χ3v) is 3.38. The number of anilines is 1. The average molecular weight is 433 g/mol. The lowest BCUT2D eigenvalue weighted by Crippen LogP contribution is -2.34. The lowest BCUT2D eigenvalue weighted by molar-refractivity contribution is -0.153. The van der Waals surface area contributed by atoms with Gasteiger partial charge in [-0.15, -0.1) is 0 Å². The first-order chi connectivity index (χ1) is 13.4. The van der Waals surface area contributed by atoms with Gasteiger partial charge in [-0.1, -0.05) is 17.7 Å². The molecule has 1 amide bonds. The topological polar surface area (TPSA) is 94.2 Å². The molecule has 0 aliphatic heterocycles. The number of nitrogens with one attached hydrogen (secondary N) is 1. The highest BCUT2D eigenvalue weighted by atomic mass is 35.5. The van der Waals surface area contributed by atoms with Gasteiger partial charge in [0.05, 0.1) is 18.8 Å². The first-order valence-corrected chi connectivity index (χ1v) is 9.27. The Balaban J connectivity index is 2.62. The number of alkyl halides is 1. The van der Waals surface area contributed by atoms with Crippen LogP contribution >= 0.6 is 11.6 Å². The van der Waals surface area contributed by atoms with Crippen LogP contribution in [0.25, 0.3) is 0 Å². The predicted octanol–water partition coefficient (Wildman–Crippen LogP) is 2.96. The van der Waals surface area contributed by atoms with Gasteiger partial charge in [-0.3, -0.25) is 19.8 Å². The molecule has 10 heteroatoms. The van der Waals surface area contributed by atoms with Crippen molar-refractivity contribution >= 4 is 35.3 Å². The van der Waals surface area contributed by atoms with Crippen LogP contribution in [0.5, 0.6) is 0 Å². The van der Waals surface area contributed by atoms with Crippen LogP contribution in [0.3, 0.4) is 0 Å². The zero-order valence-electron chi connectivity index (χ0n) is 17.1. The van der Waals surface area contributed by atoms with Crippen LogP contribution in [-0.4, -0.2) is 49.3 Å². The number of ether oxygens (including phenoxy) is 3. The molecule has 1 aromatic rings. The van der Waals surface area contributed by atoms with E-state index < -0.39 is 35.0 Å². The summed E-state index contributed by atoms with van der Waals surface area (Å²) in [5, 5.41) is 2.62. The number of halogens is 2. The second-order valence-electron chi connectivity index (χ2n) is 7.11. The highest BCUT2D eigenvalue weighted by Gasteiger charge is 2.20. The first kappa shape index (κ1) is 24.6. The average Bonchev–Trinajstić information content (AvgIpc) is 2.57. The van der Waals surface area contributed by atoms with Crippen molar-refractivity contribution in [2.75, 3.05) is 25.0 Å². The minimum atomic E-state index is -0.865. The Morgan fingerprint density at radius 1 is 1.21 bits per heavy atom. The molecule has 1 unspecified atom stereocenters. The molecule has 0 aliphatic rings. The van der Waals surface area contributed by atoms with E-state index in [1.807, 2.05) is 0 Å². The maximum atomic E-state index is 13.6. The second-order valence-corrected chi connectivity index (χ2v) is 7.72. The fraction of sp³-hybridized carbons (Fsp3) is 0.526. The molecule has 0 fully saturated rings. The molecule has 0 aromatic heterocycles. The molecule has 0 heterocycles. The van der Waals surface area contributed by atoms with Gasteiger partial charge in [0, 0.05) is 12.6 Å². The van der Waals surface area contributed by atoms with Crippen LogP contribution < -0.4 is 10.2 Å². The number of amides is 1. The van der Waals surface area contributed by atoms with E-state index in [2.05, 4.69) is 5.32 Å². The number of nitrogens with zero attached hydrogens (tertiary/aromatic N) is 1. The van der Waals surface area contributed by atoms with E-state index in [0.29, 0.717) is 5.56 Å². The summed E-state index contributed by atoms with van der Waals surface area (Å²) in [7, 11) is 1.38. The number of benzene rings is 1. The van der Waals surface area contributed by atoms with Gasteiger partial charge in [0.1, 0.15) is 18.0 Å². The van der Waals surface area contributed by atoms with Crippen LogP contribution in [0, 0.1) is 5.82 Å². The van der Waals surface area contributed by atoms with Crippen molar-refractivity contribution in [3.63, 3.8) is 0 Å². The third kappa shape index (κ3) is 9.58. The normalized spacial score (nSPS) is 12.1. The van der Waals surface area contributed by atoms with Crippen molar-refractivity contribution in [3.05, 3.63) is 29.6 Å². The molecule has 0 bridgehead atoms. The summed E-state index contributed by atoms with van der Waals surface area (Å²) in [6.07, 6.45) is -0.787. The van der Waals surface area contributed by atoms with Gasteiger partial charge in [-0.05, 0) is 39.8 Å². The summed E-state index contributed by atoms with van der Waals surface area (Å²) in [6, 6.07) is 3.68. The number of hydrogen-bond donors (Lipinski definition) is 1. The van der Waals surface area contributed by atoms with Crippen molar-refractivity contribution in [1.82, 2.24) is 5.32 Å². The Bertz CT molecular complexity index is 736. The van der Waals surface area contributed by atoms with Crippen molar-refractivity contribution in [2.24, 2.45) is 0 Å². The van der Waals surface area contributed by atoms with Gasteiger partial charge in [-0.2, -0.15) is 0 Å². The van der Waals surface area contributed by atoms with Crippen molar-refractivity contribution in [3.8, 4) is 0 Å². The minimum absolute atomic E-state index is 0.153. The number of hydrogen-bond acceptors (Lipinski definition) is 7. The van der Waals surface area contributed by atoms with Crippen LogP contribution in [-0.2, 0) is 30.4 Å². The molecule has 0 aliphatic carbocycles. The zero-order valence-corrected chi connectivity index (χ0v) is 17.8. The Morgan fingerprint density at radius 2 is 1.83 bits per heavy atom. The van der Waals surface area contributed by atoms with Gasteiger partial charge in [-0.25, -0.2) is 9.18 Å². The van der Waals surface area contributed by atoms with E-state index in [0.717, 1.165) is 11.0 Å². The molecule has 1 rings (SSSR count). The molecule has 1 aromatic carbocycles. The van der Waals surface area contributed by atoms with Crippen LogP contribution in [0.1, 0.15) is 33.3 Å². The van der Waals surface area contributed by atoms with Crippen molar-refractivity contribution in [1.29, 1.82) is 0 Å². The Hall–Kier alpha value is -2.39. The van der Waals surface area contributed by atoms with Crippen LogP contribution in [0.2, 0.25) is 0 Å². The largest absolute Gasteiger partial charge is 0.460 e. The Labute approximate surface area is 174 Å². The van der Waals surface area contributed by atoms with Crippen LogP contribution in [0.15, 0.2) is 18.2 Å². The summed E-state index contributed by atoms with van der Waals surface area (Å²) in [4.78, 5) is 36.5. The van der Waals surface area contributed by atoms with E-state index >= 15 is 0 Å². The molecular weight excluding hydrogens is 407 g/mol. The van der Waals surface area contributed by atoms with Crippen LogP contribution in [0.4, 0.5) is 14.9 Å². The standard InChI is InChI=1S/C19H26ClFN2O6/c1-12(20)28-18(26)23(5)15-8-14(21)7-6-13(15)11-27-16(24)9-22-10-17(25)29-19(2,3)4/h6-8,12,22H,9-11H2,1-5H3. The van der Waals surface area contributed by atoms with Crippen molar-refractivity contribution < 1.29 is 33.0 Å². The minimum Gasteiger partial charge on any atom is -0.460 e. The highest BCUT2D eigenvalue weighted by Crippen LogP contribution is 2.23. The number of carbonyl (C=O) groups is 3. The quantitative estimate of drug-likeness (QED) is 0.383. The van der Waals surface area contributed by atoms with E-state index in [4.69, 9.17) is 25.8 Å². The molecule has 0 spiro atoms. The van der Waals surface area contributed by atoms with Gasteiger partial charge < -0.3 is 14.2 Å². The molecule has 0 radical (unpaired) electrons. The maximum absolute atomic E-state index is 13.6. The molecule has 0 saturated carbocycles. The lowest BCUT2D eigenvalue weighted by Gasteiger charge is -2.21. The monoisotopic (exact) mass is 432 g/mol. The molecule has 0 saturated heterocycles. The fourth-order valence-electron chi connectivity index (χ4n) is 2.14. The van der Waals surface area contributed by atoms with Gasteiger partial charge in [0.2, 0.25) is 0 Å². The molecule has 1 atom stereocenters. The number of esters is 2. The second kappa shape index (κ2) is 11.0. The summed E-state index contributed by atoms with van der Waals surface area (Å²) >= 11 is 5.63. The zero-order chi connectivity index (χ0) is 22.2. The lowest BCUT2D eigenvalue weighted by atomic mass is 10.1. The molecular formula is C19H26ClFN2O6. The predicted molar refractivity (Wildman–Crippen MR) is 105 cm³/mol. The summed E-state index contributed by atoms with van der Waals surface area (Å²) in [5.41, 5.74) is -0.932. The Morgan fingerprint density at radius 3 is 2.41 bits per heavy atom. The Kier molecular flexibility index (Phi) is 9.32. The van der Waals surface area contributed by atoms with Gasteiger partial charge >= 0.3 is 18.0 Å². The number of rotatable bonds is 8. The molecule has 29 heavy (non-hydrogen) atoms.